The van der Waals surface area contributed by atoms with Gasteiger partial charge in [0.2, 0.25) is 0 Å². The summed E-state index contributed by atoms with van der Waals surface area (Å²) < 4.78 is 10.2. The van der Waals surface area contributed by atoms with Gasteiger partial charge in [0.05, 0.1) is 34.4 Å². The molecule has 20 heavy (non-hydrogen) atoms. The molecule has 5 heteroatoms. The second kappa shape index (κ2) is 10.3. The molecule has 1 N–H and O–H groups in total. The van der Waals surface area contributed by atoms with E-state index in [-0.39, 0.29) is 18.4 Å². The van der Waals surface area contributed by atoms with Crippen molar-refractivity contribution in [2.45, 2.75) is 6.42 Å². The van der Waals surface area contributed by atoms with E-state index in [9.17, 15) is 4.79 Å². The van der Waals surface area contributed by atoms with Gasteiger partial charge in [0, 0.05) is 12.5 Å². The average molecular weight is 300 g/mol. The maximum atomic E-state index is 11.4. The topological polar surface area (TPSA) is 40.0 Å². The Kier molecular flexibility index (Phi) is 9.51. The van der Waals surface area contributed by atoms with Crippen LogP contribution in [0.3, 0.4) is 0 Å². The molecule has 0 bridgehead atoms. The Bertz CT molecular complexity index is 416. The van der Waals surface area contributed by atoms with Crippen molar-refractivity contribution in [3.05, 3.63) is 35.9 Å². The lowest BCUT2D eigenvalue weighted by Gasteiger charge is -2.06. The number of esters is 1. The first kappa shape index (κ1) is 18.5. The summed E-state index contributed by atoms with van der Waals surface area (Å²) in [5.74, 6) is 0.496. The molecule has 0 radical (unpaired) electrons. The summed E-state index contributed by atoms with van der Waals surface area (Å²) >= 11 is 0. The van der Waals surface area contributed by atoms with Crippen LogP contribution in [0.4, 0.5) is 0 Å². The number of methoxy groups -OCH3 is 1. The van der Waals surface area contributed by atoms with Crippen LogP contribution in [0, 0.1) is 0 Å². The summed E-state index contributed by atoms with van der Waals surface area (Å²) in [6.45, 7) is 1.46. The van der Waals surface area contributed by atoms with E-state index in [1.54, 1.807) is 13.2 Å². The number of ether oxygens (including phenoxy) is 2. The number of quaternary nitrogens is 1. The van der Waals surface area contributed by atoms with Crippen LogP contribution in [0.5, 0.6) is 5.75 Å². The minimum atomic E-state index is -0.301. The van der Waals surface area contributed by atoms with Crippen molar-refractivity contribution in [2.24, 2.45) is 0 Å². The highest BCUT2D eigenvalue weighted by molar-refractivity contribution is 5.87. The van der Waals surface area contributed by atoms with Gasteiger partial charge in [0.1, 0.15) is 5.75 Å². The maximum Gasteiger partial charge on any atom is 0.330 e. The third-order valence-electron chi connectivity index (χ3n) is 2.59. The largest absolute Gasteiger partial charge is 1.00 e. The van der Waals surface area contributed by atoms with Crippen LogP contribution in [-0.2, 0) is 9.53 Å². The van der Waals surface area contributed by atoms with Crippen molar-refractivity contribution in [3.63, 3.8) is 0 Å². The minimum Gasteiger partial charge on any atom is -1.00 e. The van der Waals surface area contributed by atoms with Crippen LogP contribution >= 0.6 is 0 Å². The van der Waals surface area contributed by atoms with Crippen LogP contribution in [-0.4, -0.2) is 40.3 Å². The fourth-order valence-corrected chi connectivity index (χ4v) is 1.53. The number of carbonyl (C=O) groups is 1. The van der Waals surface area contributed by atoms with Crippen molar-refractivity contribution in [1.29, 1.82) is 0 Å². The SMILES string of the molecule is COc1ccc(/C=C/C(=O)OCCC[NH+](C)C)cc1.[Cl-]. The molecule has 0 amide bonds. The molecule has 0 aliphatic carbocycles. The Labute approximate surface area is 126 Å². The molecule has 0 aliphatic heterocycles. The van der Waals surface area contributed by atoms with Crippen molar-refractivity contribution in [3.8, 4) is 5.75 Å². The van der Waals surface area contributed by atoms with E-state index in [4.69, 9.17) is 9.47 Å². The zero-order chi connectivity index (χ0) is 14.1. The Morgan fingerprint density at radius 3 is 2.45 bits per heavy atom. The number of hydrogen-bond acceptors (Lipinski definition) is 3. The molecule has 0 heterocycles. The Hall–Kier alpha value is -1.52. The number of halogens is 1. The van der Waals surface area contributed by atoms with Gasteiger partial charge in [0.15, 0.2) is 0 Å². The van der Waals surface area contributed by atoms with Crippen molar-refractivity contribution < 1.29 is 31.6 Å². The second-order valence-corrected chi connectivity index (χ2v) is 4.58. The number of hydrogen-bond donors (Lipinski definition) is 1. The fraction of sp³-hybridized carbons (Fsp3) is 0.400. The van der Waals surface area contributed by atoms with Crippen molar-refractivity contribution in [2.75, 3.05) is 34.4 Å². The quantitative estimate of drug-likeness (QED) is 0.353. The van der Waals surface area contributed by atoms with E-state index in [1.165, 1.54) is 11.0 Å². The first-order valence-electron chi connectivity index (χ1n) is 6.39. The molecule has 4 nitrogen and oxygen atoms in total. The molecule has 0 atom stereocenters. The number of benzene rings is 1. The van der Waals surface area contributed by atoms with Gasteiger partial charge in [-0.15, -0.1) is 0 Å². The molecule has 0 saturated carbocycles. The van der Waals surface area contributed by atoms with E-state index in [1.807, 2.05) is 24.3 Å². The highest BCUT2D eigenvalue weighted by atomic mass is 35.5. The molecule has 0 spiro atoms. The summed E-state index contributed by atoms with van der Waals surface area (Å²) in [6.07, 6.45) is 4.06. The molecule has 0 unspecified atom stereocenters. The number of rotatable bonds is 7. The van der Waals surface area contributed by atoms with E-state index < -0.39 is 0 Å². The highest BCUT2D eigenvalue weighted by Gasteiger charge is 1.99. The Morgan fingerprint density at radius 1 is 1.25 bits per heavy atom. The lowest BCUT2D eigenvalue weighted by molar-refractivity contribution is -0.858. The first-order valence-corrected chi connectivity index (χ1v) is 6.39. The van der Waals surface area contributed by atoms with Gasteiger partial charge in [-0.3, -0.25) is 0 Å². The summed E-state index contributed by atoms with van der Waals surface area (Å²) in [5, 5.41) is 0. The first-order chi connectivity index (χ1) is 9.11. The Balaban J connectivity index is 0.00000361. The van der Waals surface area contributed by atoms with E-state index >= 15 is 0 Å². The van der Waals surface area contributed by atoms with E-state index in [0.717, 1.165) is 24.3 Å². The number of carbonyl (C=O) groups excluding carboxylic acids is 1. The zero-order valence-corrected chi connectivity index (χ0v) is 12.9. The summed E-state index contributed by atoms with van der Waals surface area (Å²) in [4.78, 5) is 12.8. The third-order valence-corrected chi connectivity index (χ3v) is 2.59. The standard InChI is InChI=1S/C15H21NO3.ClH/c1-16(2)11-4-12-19-15(17)10-7-13-5-8-14(18-3)9-6-13;/h5-10H,4,11-12H2,1-3H3;1H/b10-7+;. The van der Waals surface area contributed by atoms with Crippen LogP contribution in [0.2, 0.25) is 0 Å². The molecule has 1 aromatic rings. The van der Waals surface area contributed by atoms with E-state index in [2.05, 4.69) is 14.1 Å². The maximum absolute atomic E-state index is 11.4. The smallest absolute Gasteiger partial charge is 0.330 e. The summed E-state index contributed by atoms with van der Waals surface area (Å²) in [7, 11) is 5.77. The lowest BCUT2D eigenvalue weighted by Crippen LogP contribution is -3.05. The van der Waals surface area contributed by atoms with Crippen LogP contribution in [0.25, 0.3) is 6.08 Å². The normalized spacial score (nSPS) is 10.4. The van der Waals surface area contributed by atoms with Gasteiger partial charge in [-0.1, -0.05) is 12.1 Å². The molecule has 112 valence electrons. The lowest BCUT2D eigenvalue weighted by atomic mass is 10.2. The van der Waals surface area contributed by atoms with E-state index in [0.29, 0.717) is 6.61 Å². The van der Waals surface area contributed by atoms with Gasteiger partial charge in [-0.2, -0.15) is 0 Å². The highest BCUT2D eigenvalue weighted by Crippen LogP contribution is 2.12. The zero-order valence-electron chi connectivity index (χ0n) is 12.2. The molecule has 0 saturated heterocycles. The van der Waals surface area contributed by atoms with Crippen molar-refractivity contribution >= 4 is 12.0 Å². The summed E-state index contributed by atoms with van der Waals surface area (Å²) in [6, 6.07) is 7.48. The van der Waals surface area contributed by atoms with Gasteiger partial charge >= 0.3 is 5.97 Å². The van der Waals surface area contributed by atoms with Crippen molar-refractivity contribution in [1.82, 2.24) is 0 Å². The molecule has 0 aromatic heterocycles. The molecular formula is C15H22ClNO3. The van der Waals surface area contributed by atoms with Gasteiger partial charge in [-0.05, 0) is 23.8 Å². The predicted molar refractivity (Wildman–Crippen MR) is 75.3 cm³/mol. The Morgan fingerprint density at radius 2 is 1.90 bits per heavy atom. The minimum absolute atomic E-state index is 0. The molecule has 1 rings (SSSR count). The predicted octanol–water partition coefficient (Wildman–Crippen LogP) is -2.21. The monoisotopic (exact) mass is 299 g/mol. The van der Waals surface area contributed by atoms with Crippen LogP contribution in [0.1, 0.15) is 12.0 Å². The summed E-state index contributed by atoms with van der Waals surface area (Å²) in [5.41, 5.74) is 0.940. The van der Waals surface area contributed by atoms with Gasteiger partial charge < -0.3 is 26.8 Å². The molecule has 0 aliphatic rings. The molecule has 0 fully saturated rings. The third kappa shape index (κ3) is 7.81. The second-order valence-electron chi connectivity index (χ2n) is 4.58. The van der Waals surface area contributed by atoms with Crippen LogP contribution < -0.4 is 22.0 Å². The molecule has 1 aromatic carbocycles. The molecular weight excluding hydrogens is 278 g/mol. The van der Waals surface area contributed by atoms with Gasteiger partial charge in [0.25, 0.3) is 0 Å². The fourth-order valence-electron chi connectivity index (χ4n) is 1.53. The van der Waals surface area contributed by atoms with Crippen LogP contribution in [0.15, 0.2) is 30.3 Å². The number of nitrogens with one attached hydrogen (secondary N) is 1. The van der Waals surface area contributed by atoms with Gasteiger partial charge in [-0.25, -0.2) is 4.79 Å². The average Bonchev–Trinajstić information content (AvgIpc) is 2.41.